The normalized spacial score (nSPS) is 13.8. The number of hydrogen-bond donors (Lipinski definition) is 1. The third kappa shape index (κ3) is 2.94. The second-order valence-corrected chi connectivity index (χ2v) is 6.78. The highest BCUT2D eigenvalue weighted by atomic mass is 79.9. The first kappa shape index (κ1) is 15.9. The van der Waals surface area contributed by atoms with Gasteiger partial charge in [0.2, 0.25) is 5.95 Å². The molecule has 0 saturated heterocycles. The number of benzene rings is 2. The Kier molecular flexibility index (Phi) is 4.08. The molecular weight excluding hydrogens is 354 g/mol. The quantitative estimate of drug-likeness (QED) is 0.762. The van der Waals surface area contributed by atoms with E-state index in [0.29, 0.717) is 11.6 Å². The zero-order valence-corrected chi connectivity index (χ0v) is 14.9. The van der Waals surface area contributed by atoms with Gasteiger partial charge in [0.25, 0.3) is 0 Å². The molecule has 1 aromatic heterocycles. The molecule has 4 nitrogen and oxygen atoms in total. The fourth-order valence-corrected chi connectivity index (χ4v) is 2.81. The Morgan fingerprint density at radius 1 is 1.00 bits per heavy atom. The summed E-state index contributed by atoms with van der Waals surface area (Å²) in [5.41, 5.74) is 0.996. The zero-order chi connectivity index (χ0) is 16.6. The van der Waals surface area contributed by atoms with Crippen molar-refractivity contribution >= 4 is 32.8 Å². The Bertz CT molecular complexity index is 845. The van der Waals surface area contributed by atoms with Crippen molar-refractivity contribution < 1.29 is 5.11 Å². The summed E-state index contributed by atoms with van der Waals surface area (Å²) in [5, 5.41) is 12.1. The minimum atomic E-state index is -1.21. The van der Waals surface area contributed by atoms with Crippen molar-refractivity contribution in [3.8, 4) is 0 Å². The molecule has 0 spiro atoms. The number of aliphatic hydroxyl groups is 1. The Balaban J connectivity index is 2.26. The first-order valence-corrected chi connectivity index (χ1v) is 8.12. The summed E-state index contributed by atoms with van der Waals surface area (Å²) in [6, 6.07) is 15.4. The molecule has 0 aliphatic carbocycles. The third-order valence-corrected chi connectivity index (χ3v) is 4.39. The van der Waals surface area contributed by atoms with Crippen LogP contribution < -0.4 is 4.90 Å². The first-order valence-electron chi connectivity index (χ1n) is 7.32. The summed E-state index contributed by atoms with van der Waals surface area (Å²) in [6.07, 6.45) is 0. The molecular formula is C18H18BrN3O. The minimum absolute atomic E-state index is 0.580. The van der Waals surface area contributed by atoms with Gasteiger partial charge in [0, 0.05) is 24.0 Å². The topological polar surface area (TPSA) is 49.2 Å². The Hall–Kier alpha value is -1.98. The fraction of sp³-hybridized carbons (Fsp3) is 0.222. The number of rotatable bonds is 3. The van der Waals surface area contributed by atoms with E-state index in [1.54, 1.807) is 6.92 Å². The number of para-hydroxylation sites is 1. The van der Waals surface area contributed by atoms with Crippen LogP contribution in [0.25, 0.3) is 10.9 Å². The molecule has 0 fully saturated rings. The van der Waals surface area contributed by atoms with Crippen molar-refractivity contribution in [1.29, 1.82) is 0 Å². The van der Waals surface area contributed by atoms with E-state index >= 15 is 0 Å². The largest absolute Gasteiger partial charge is 0.379 e. The van der Waals surface area contributed by atoms with Crippen molar-refractivity contribution in [2.75, 3.05) is 19.0 Å². The second-order valence-electron chi connectivity index (χ2n) is 5.86. The smallest absolute Gasteiger partial charge is 0.225 e. The van der Waals surface area contributed by atoms with Crippen LogP contribution >= 0.6 is 15.9 Å². The van der Waals surface area contributed by atoms with Crippen LogP contribution in [-0.2, 0) is 5.60 Å². The van der Waals surface area contributed by atoms with Gasteiger partial charge in [-0.05, 0) is 30.7 Å². The lowest BCUT2D eigenvalue weighted by atomic mass is 9.90. The monoisotopic (exact) mass is 371 g/mol. The lowest BCUT2D eigenvalue weighted by Gasteiger charge is -2.26. The number of halogens is 1. The Morgan fingerprint density at radius 3 is 2.30 bits per heavy atom. The van der Waals surface area contributed by atoms with Crippen molar-refractivity contribution in [2.24, 2.45) is 0 Å². The third-order valence-electron chi connectivity index (χ3n) is 3.86. The van der Waals surface area contributed by atoms with Gasteiger partial charge in [-0.15, -0.1) is 0 Å². The van der Waals surface area contributed by atoms with Crippen LogP contribution in [0.15, 0.2) is 53.0 Å². The van der Waals surface area contributed by atoms with Gasteiger partial charge >= 0.3 is 0 Å². The summed E-state index contributed by atoms with van der Waals surface area (Å²) in [6.45, 7) is 1.77. The van der Waals surface area contributed by atoms with E-state index in [1.807, 2.05) is 67.5 Å². The van der Waals surface area contributed by atoms with E-state index in [-0.39, 0.29) is 0 Å². The summed E-state index contributed by atoms with van der Waals surface area (Å²) >= 11 is 3.42. The molecule has 0 amide bonds. The molecule has 0 bridgehead atoms. The standard InChI is InChI=1S/C18H18BrN3O/c1-18(23,12-8-10-13(19)11-9-12)16-14-6-4-5-7-15(14)20-17(21-16)22(2)3/h4-11,23H,1-3H3. The molecule has 1 atom stereocenters. The van der Waals surface area contributed by atoms with E-state index < -0.39 is 5.60 Å². The molecule has 1 N–H and O–H groups in total. The first-order chi connectivity index (χ1) is 10.9. The van der Waals surface area contributed by atoms with Crippen LogP contribution in [0.2, 0.25) is 0 Å². The number of aromatic nitrogens is 2. The van der Waals surface area contributed by atoms with Gasteiger partial charge in [-0.3, -0.25) is 0 Å². The number of hydrogen-bond acceptors (Lipinski definition) is 4. The highest BCUT2D eigenvalue weighted by Crippen LogP contribution is 2.33. The maximum Gasteiger partial charge on any atom is 0.225 e. The lowest BCUT2D eigenvalue weighted by Crippen LogP contribution is -2.26. The maximum atomic E-state index is 11.2. The van der Waals surface area contributed by atoms with Crippen LogP contribution in [0.1, 0.15) is 18.2 Å². The van der Waals surface area contributed by atoms with E-state index in [0.717, 1.165) is 20.9 Å². The SMILES string of the molecule is CN(C)c1nc(C(C)(O)c2ccc(Br)cc2)c2ccccc2n1. The van der Waals surface area contributed by atoms with E-state index in [1.165, 1.54) is 0 Å². The van der Waals surface area contributed by atoms with Crippen LogP contribution in [-0.4, -0.2) is 29.2 Å². The average molecular weight is 372 g/mol. The average Bonchev–Trinajstić information content (AvgIpc) is 2.54. The van der Waals surface area contributed by atoms with Gasteiger partial charge < -0.3 is 10.0 Å². The van der Waals surface area contributed by atoms with Crippen molar-refractivity contribution in [2.45, 2.75) is 12.5 Å². The number of nitrogens with zero attached hydrogens (tertiary/aromatic N) is 3. The van der Waals surface area contributed by atoms with E-state index in [4.69, 9.17) is 0 Å². The van der Waals surface area contributed by atoms with Gasteiger partial charge in [0.1, 0.15) is 5.60 Å². The van der Waals surface area contributed by atoms with E-state index in [9.17, 15) is 5.11 Å². The van der Waals surface area contributed by atoms with Gasteiger partial charge in [0.15, 0.2) is 0 Å². The number of fused-ring (bicyclic) bond motifs is 1. The molecule has 2 aromatic carbocycles. The molecule has 5 heteroatoms. The molecule has 23 heavy (non-hydrogen) atoms. The van der Waals surface area contributed by atoms with Gasteiger partial charge in [0.05, 0.1) is 11.2 Å². The maximum absolute atomic E-state index is 11.2. The molecule has 1 unspecified atom stereocenters. The fourth-order valence-electron chi connectivity index (χ4n) is 2.55. The van der Waals surface area contributed by atoms with Crippen LogP contribution in [0, 0.1) is 0 Å². The molecule has 0 saturated carbocycles. The molecule has 3 rings (SSSR count). The highest BCUT2D eigenvalue weighted by molar-refractivity contribution is 9.10. The van der Waals surface area contributed by atoms with Crippen molar-refractivity contribution in [3.05, 3.63) is 64.3 Å². The molecule has 0 aliphatic heterocycles. The second kappa shape index (κ2) is 5.91. The van der Waals surface area contributed by atoms with E-state index in [2.05, 4.69) is 25.9 Å². The van der Waals surface area contributed by atoms with Gasteiger partial charge in [-0.2, -0.15) is 0 Å². The van der Waals surface area contributed by atoms with Crippen LogP contribution in [0.5, 0.6) is 0 Å². The van der Waals surface area contributed by atoms with Gasteiger partial charge in [-0.25, -0.2) is 9.97 Å². The zero-order valence-electron chi connectivity index (χ0n) is 13.3. The molecule has 118 valence electrons. The lowest BCUT2D eigenvalue weighted by molar-refractivity contribution is 0.0991. The molecule has 1 heterocycles. The highest BCUT2D eigenvalue weighted by Gasteiger charge is 2.30. The summed E-state index contributed by atoms with van der Waals surface area (Å²) < 4.78 is 0.971. The number of anilines is 1. The van der Waals surface area contributed by atoms with Crippen molar-refractivity contribution in [3.63, 3.8) is 0 Å². The molecule has 3 aromatic rings. The summed E-state index contributed by atoms with van der Waals surface area (Å²) in [4.78, 5) is 11.0. The van der Waals surface area contributed by atoms with Crippen molar-refractivity contribution in [1.82, 2.24) is 9.97 Å². The predicted molar refractivity (Wildman–Crippen MR) is 96.7 cm³/mol. The Labute approximate surface area is 143 Å². The summed E-state index contributed by atoms with van der Waals surface area (Å²) in [7, 11) is 3.78. The summed E-state index contributed by atoms with van der Waals surface area (Å²) in [5.74, 6) is 0.580. The predicted octanol–water partition coefficient (Wildman–Crippen LogP) is 3.71. The van der Waals surface area contributed by atoms with Crippen LogP contribution in [0.4, 0.5) is 5.95 Å². The molecule has 0 radical (unpaired) electrons. The minimum Gasteiger partial charge on any atom is -0.379 e. The molecule has 0 aliphatic rings. The van der Waals surface area contributed by atoms with Gasteiger partial charge in [-0.1, -0.05) is 46.3 Å². The Morgan fingerprint density at radius 2 is 1.65 bits per heavy atom. The van der Waals surface area contributed by atoms with Crippen LogP contribution in [0.3, 0.4) is 0 Å².